The number of hydrogen-bond donors (Lipinski definition) is 1. The highest BCUT2D eigenvalue weighted by molar-refractivity contribution is 5.75. The monoisotopic (exact) mass is 320 g/mol. The molecule has 23 heavy (non-hydrogen) atoms. The third-order valence-electron chi connectivity index (χ3n) is 4.70. The Morgan fingerprint density at radius 2 is 1.83 bits per heavy atom. The molecule has 0 aliphatic carbocycles. The smallest absolute Gasteiger partial charge is 0.332 e. The highest BCUT2D eigenvalue weighted by Gasteiger charge is 2.25. The number of rotatable bonds is 3. The van der Waals surface area contributed by atoms with Gasteiger partial charge in [-0.15, -0.1) is 0 Å². The lowest BCUT2D eigenvalue weighted by Gasteiger charge is -2.30. The van der Waals surface area contributed by atoms with Gasteiger partial charge in [0, 0.05) is 46.3 Å². The number of aromatic nitrogens is 4. The van der Waals surface area contributed by atoms with Gasteiger partial charge in [0.2, 0.25) is 5.95 Å². The van der Waals surface area contributed by atoms with Gasteiger partial charge in [0.25, 0.3) is 5.56 Å². The van der Waals surface area contributed by atoms with Gasteiger partial charge in [-0.1, -0.05) is 6.92 Å². The number of imidazole rings is 1. The number of fused-ring (bicyclic) bond motifs is 1. The first-order valence-corrected chi connectivity index (χ1v) is 8.11. The van der Waals surface area contributed by atoms with Crippen LogP contribution < -0.4 is 21.5 Å². The summed E-state index contributed by atoms with van der Waals surface area (Å²) in [6.07, 6.45) is 0.885. The molecule has 3 rings (SSSR count). The number of piperazine rings is 1. The van der Waals surface area contributed by atoms with Gasteiger partial charge < -0.3 is 14.8 Å². The fourth-order valence-corrected chi connectivity index (χ4v) is 3.09. The normalized spacial score (nSPS) is 17.0. The van der Waals surface area contributed by atoms with Gasteiger partial charge in [0.05, 0.1) is 0 Å². The summed E-state index contributed by atoms with van der Waals surface area (Å²) in [5.74, 6) is 0.786. The van der Waals surface area contributed by atoms with Crippen LogP contribution in [0.1, 0.15) is 26.3 Å². The summed E-state index contributed by atoms with van der Waals surface area (Å²) in [5, 5.41) is 3.32. The quantitative estimate of drug-likeness (QED) is 0.848. The largest absolute Gasteiger partial charge is 0.340 e. The summed E-state index contributed by atoms with van der Waals surface area (Å²) in [5.41, 5.74) is 0.352. The van der Waals surface area contributed by atoms with Crippen LogP contribution in [-0.2, 0) is 14.1 Å². The molecule has 1 saturated heterocycles. The van der Waals surface area contributed by atoms with E-state index < -0.39 is 0 Å². The molecule has 0 spiro atoms. The molecule has 8 heteroatoms. The van der Waals surface area contributed by atoms with Gasteiger partial charge in [-0.2, -0.15) is 4.98 Å². The second kappa shape index (κ2) is 5.84. The molecule has 0 radical (unpaired) electrons. The average Bonchev–Trinajstić information content (AvgIpc) is 2.98. The molecule has 1 aliphatic rings. The van der Waals surface area contributed by atoms with Gasteiger partial charge in [0.1, 0.15) is 0 Å². The van der Waals surface area contributed by atoms with Crippen molar-refractivity contribution in [2.24, 2.45) is 14.1 Å². The highest BCUT2D eigenvalue weighted by atomic mass is 16.2. The molecule has 126 valence electrons. The van der Waals surface area contributed by atoms with E-state index in [1.807, 2.05) is 4.57 Å². The van der Waals surface area contributed by atoms with Gasteiger partial charge in [-0.25, -0.2) is 4.79 Å². The van der Waals surface area contributed by atoms with Crippen LogP contribution in [0, 0.1) is 0 Å². The molecule has 2 aromatic heterocycles. The van der Waals surface area contributed by atoms with Crippen LogP contribution in [0.4, 0.5) is 5.95 Å². The van der Waals surface area contributed by atoms with E-state index in [1.54, 1.807) is 7.05 Å². The fourth-order valence-electron chi connectivity index (χ4n) is 3.09. The Morgan fingerprint density at radius 1 is 1.17 bits per heavy atom. The van der Waals surface area contributed by atoms with Crippen molar-refractivity contribution in [3.63, 3.8) is 0 Å². The van der Waals surface area contributed by atoms with E-state index >= 15 is 0 Å². The van der Waals surface area contributed by atoms with Crippen LogP contribution >= 0.6 is 0 Å². The first kappa shape index (κ1) is 15.8. The molecule has 1 fully saturated rings. The van der Waals surface area contributed by atoms with Crippen molar-refractivity contribution >= 4 is 17.1 Å². The molecule has 3 heterocycles. The lowest BCUT2D eigenvalue weighted by atomic mass is 10.2. The molecule has 1 atom stereocenters. The first-order valence-electron chi connectivity index (χ1n) is 8.11. The lowest BCUT2D eigenvalue weighted by Crippen LogP contribution is -2.44. The number of aryl methyl sites for hydroxylation is 1. The Balaban J connectivity index is 2.36. The van der Waals surface area contributed by atoms with Crippen molar-refractivity contribution in [2.75, 3.05) is 31.1 Å². The van der Waals surface area contributed by atoms with Crippen molar-refractivity contribution in [3.8, 4) is 0 Å². The van der Waals surface area contributed by atoms with Crippen LogP contribution in [-0.4, -0.2) is 44.9 Å². The van der Waals surface area contributed by atoms with E-state index in [2.05, 4.69) is 29.0 Å². The molecular formula is C15H24N6O2. The average molecular weight is 320 g/mol. The highest BCUT2D eigenvalue weighted by Crippen LogP contribution is 2.26. The maximum atomic E-state index is 12.7. The summed E-state index contributed by atoms with van der Waals surface area (Å²) in [6, 6.07) is 0.134. The fraction of sp³-hybridized carbons (Fsp3) is 0.667. The Morgan fingerprint density at radius 3 is 2.43 bits per heavy atom. The SMILES string of the molecule is CCC(C)n1c(N2CCNCC2)nc2c1c(=O)n(C)c(=O)n2C. The molecule has 1 unspecified atom stereocenters. The van der Waals surface area contributed by atoms with Crippen molar-refractivity contribution in [1.29, 1.82) is 0 Å². The molecule has 2 aromatic rings. The van der Waals surface area contributed by atoms with Gasteiger partial charge in [0.15, 0.2) is 11.2 Å². The van der Waals surface area contributed by atoms with Crippen LogP contribution in [0.2, 0.25) is 0 Å². The lowest BCUT2D eigenvalue weighted by molar-refractivity contribution is 0.515. The molecular weight excluding hydrogens is 296 g/mol. The summed E-state index contributed by atoms with van der Waals surface area (Å²) < 4.78 is 4.62. The number of nitrogens with zero attached hydrogens (tertiary/aromatic N) is 5. The van der Waals surface area contributed by atoms with Crippen molar-refractivity contribution in [3.05, 3.63) is 20.8 Å². The molecule has 8 nitrogen and oxygen atoms in total. The van der Waals surface area contributed by atoms with Crippen LogP contribution in [0.3, 0.4) is 0 Å². The van der Waals surface area contributed by atoms with E-state index in [9.17, 15) is 9.59 Å². The standard InChI is InChI=1S/C15H24N6O2/c1-5-10(2)21-11-12(18(3)15(23)19(4)13(11)22)17-14(21)20-8-6-16-7-9-20/h10,16H,5-9H2,1-4H3. The number of nitrogens with one attached hydrogen (secondary N) is 1. The van der Waals surface area contributed by atoms with Gasteiger partial charge >= 0.3 is 5.69 Å². The minimum Gasteiger partial charge on any atom is -0.340 e. The van der Waals surface area contributed by atoms with Crippen LogP contribution in [0.5, 0.6) is 0 Å². The summed E-state index contributed by atoms with van der Waals surface area (Å²) in [7, 11) is 3.18. The van der Waals surface area contributed by atoms with E-state index in [1.165, 1.54) is 11.6 Å². The zero-order valence-corrected chi connectivity index (χ0v) is 14.2. The van der Waals surface area contributed by atoms with Gasteiger partial charge in [-0.05, 0) is 13.3 Å². The second-order valence-corrected chi connectivity index (χ2v) is 6.15. The molecule has 1 aliphatic heterocycles. The minimum absolute atomic E-state index is 0.134. The van der Waals surface area contributed by atoms with Crippen molar-refractivity contribution in [1.82, 2.24) is 24.0 Å². The second-order valence-electron chi connectivity index (χ2n) is 6.15. The van der Waals surface area contributed by atoms with Crippen molar-refractivity contribution in [2.45, 2.75) is 26.3 Å². The summed E-state index contributed by atoms with van der Waals surface area (Å²) in [6.45, 7) is 7.63. The zero-order valence-electron chi connectivity index (χ0n) is 14.2. The summed E-state index contributed by atoms with van der Waals surface area (Å²) >= 11 is 0. The van der Waals surface area contributed by atoms with E-state index in [4.69, 9.17) is 0 Å². The molecule has 0 aromatic carbocycles. The first-order chi connectivity index (χ1) is 11.0. The maximum Gasteiger partial charge on any atom is 0.332 e. The zero-order chi connectivity index (χ0) is 16.7. The maximum absolute atomic E-state index is 12.7. The third-order valence-corrected chi connectivity index (χ3v) is 4.70. The summed E-state index contributed by atoms with van der Waals surface area (Å²) in [4.78, 5) is 31.8. The Labute approximate surface area is 134 Å². The Kier molecular flexibility index (Phi) is 4.01. The molecule has 0 bridgehead atoms. The van der Waals surface area contributed by atoms with E-state index in [0.717, 1.165) is 43.1 Å². The van der Waals surface area contributed by atoms with Crippen molar-refractivity contribution < 1.29 is 0 Å². The minimum atomic E-state index is -0.344. The Bertz CT molecular complexity index is 840. The predicted octanol–water partition coefficient (Wildman–Crippen LogP) is -0.186. The van der Waals surface area contributed by atoms with Crippen LogP contribution in [0.25, 0.3) is 11.2 Å². The van der Waals surface area contributed by atoms with Gasteiger partial charge in [-0.3, -0.25) is 13.9 Å². The van der Waals surface area contributed by atoms with E-state index in [0.29, 0.717) is 11.2 Å². The molecule has 1 N–H and O–H groups in total. The van der Waals surface area contributed by atoms with E-state index in [-0.39, 0.29) is 17.3 Å². The number of anilines is 1. The Hall–Kier alpha value is -2.09. The topological polar surface area (TPSA) is 77.1 Å². The van der Waals surface area contributed by atoms with Crippen LogP contribution in [0.15, 0.2) is 9.59 Å². The predicted molar refractivity (Wildman–Crippen MR) is 90.3 cm³/mol. The molecule has 0 amide bonds. The third kappa shape index (κ3) is 2.37. The molecule has 0 saturated carbocycles. The number of hydrogen-bond acceptors (Lipinski definition) is 5.